The van der Waals surface area contributed by atoms with Gasteiger partial charge in [-0.05, 0) is 6.92 Å². The molecule has 1 amide bonds. The summed E-state index contributed by atoms with van der Waals surface area (Å²) in [6, 6.07) is 0. The lowest BCUT2D eigenvalue weighted by molar-refractivity contribution is -0.142. The molecular weight excluding hydrogens is 158 g/mol. The topological polar surface area (TPSA) is 49.8 Å². The van der Waals surface area contributed by atoms with E-state index in [1.165, 1.54) is 0 Å². The van der Waals surface area contributed by atoms with Gasteiger partial charge in [-0.1, -0.05) is 0 Å². The van der Waals surface area contributed by atoms with Gasteiger partial charge in [0.05, 0.1) is 19.1 Å². The van der Waals surface area contributed by atoms with Crippen LogP contribution in [0.2, 0.25) is 0 Å². The highest BCUT2D eigenvalue weighted by Gasteiger charge is 2.27. The van der Waals surface area contributed by atoms with Gasteiger partial charge in [0, 0.05) is 19.7 Å². The average Bonchev–Trinajstić information content (AvgIpc) is 1.99. The van der Waals surface area contributed by atoms with E-state index in [0.717, 1.165) is 0 Å². The Morgan fingerprint density at radius 3 is 2.83 bits per heavy atom. The molecule has 1 rings (SSSR count). The van der Waals surface area contributed by atoms with Crippen LogP contribution in [0, 0.1) is 0 Å². The molecule has 12 heavy (non-hydrogen) atoms. The maximum atomic E-state index is 11.2. The Bertz CT molecular complexity index is 154. The molecule has 4 nitrogen and oxygen atoms in total. The Balaban J connectivity index is 2.04. The van der Waals surface area contributed by atoms with Crippen molar-refractivity contribution < 1.29 is 14.6 Å². The molecule has 0 aliphatic carbocycles. The molecule has 0 bridgehead atoms. The molecule has 0 atom stereocenters. The van der Waals surface area contributed by atoms with Crippen LogP contribution >= 0.6 is 0 Å². The van der Waals surface area contributed by atoms with E-state index in [4.69, 9.17) is 9.84 Å². The number of rotatable bonds is 4. The van der Waals surface area contributed by atoms with Crippen molar-refractivity contribution in [1.29, 1.82) is 0 Å². The van der Waals surface area contributed by atoms with Crippen LogP contribution in [0.4, 0.5) is 0 Å². The van der Waals surface area contributed by atoms with Crippen LogP contribution in [-0.4, -0.2) is 48.3 Å². The van der Waals surface area contributed by atoms with Gasteiger partial charge in [0.15, 0.2) is 0 Å². The molecule has 1 fully saturated rings. The van der Waals surface area contributed by atoms with Crippen LogP contribution in [0.5, 0.6) is 0 Å². The summed E-state index contributed by atoms with van der Waals surface area (Å²) in [5.41, 5.74) is 0. The first-order valence-electron chi connectivity index (χ1n) is 4.27. The van der Waals surface area contributed by atoms with Crippen LogP contribution in [0.15, 0.2) is 0 Å². The number of likely N-dealkylation sites (tertiary alicyclic amines) is 1. The van der Waals surface area contributed by atoms with Gasteiger partial charge < -0.3 is 14.7 Å². The Labute approximate surface area is 72.1 Å². The highest BCUT2D eigenvalue weighted by Crippen LogP contribution is 2.08. The second-order valence-electron chi connectivity index (χ2n) is 2.90. The van der Waals surface area contributed by atoms with E-state index in [9.17, 15) is 4.79 Å². The Hall–Kier alpha value is -0.610. The number of aliphatic hydroxyl groups is 1. The number of hydrogen-bond donors (Lipinski definition) is 1. The Morgan fingerprint density at radius 2 is 2.33 bits per heavy atom. The lowest BCUT2D eigenvalue weighted by Gasteiger charge is -2.35. The molecule has 1 aliphatic heterocycles. The summed E-state index contributed by atoms with van der Waals surface area (Å²) in [4.78, 5) is 12.8. The number of β-amino-alcohol motifs (C(OH)–C–C–N with tert-alkyl or cyclic N) is 1. The van der Waals surface area contributed by atoms with Gasteiger partial charge >= 0.3 is 0 Å². The first-order chi connectivity index (χ1) is 5.74. The molecule has 0 aromatic rings. The largest absolute Gasteiger partial charge is 0.389 e. The molecule has 1 saturated heterocycles. The van der Waals surface area contributed by atoms with Crippen molar-refractivity contribution in [2.45, 2.75) is 19.4 Å². The molecule has 1 heterocycles. The van der Waals surface area contributed by atoms with E-state index in [1.807, 2.05) is 6.92 Å². The fourth-order valence-electron chi connectivity index (χ4n) is 1.12. The van der Waals surface area contributed by atoms with Gasteiger partial charge in [-0.3, -0.25) is 4.79 Å². The Kier molecular flexibility index (Phi) is 3.49. The number of carbonyl (C=O) groups is 1. The van der Waals surface area contributed by atoms with Gasteiger partial charge in [-0.15, -0.1) is 0 Å². The average molecular weight is 173 g/mol. The third-order valence-corrected chi connectivity index (χ3v) is 1.88. The minimum atomic E-state index is -0.305. The van der Waals surface area contributed by atoms with Crippen molar-refractivity contribution in [2.75, 3.05) is 26.3 Å². The van der Waals surface area contributed by atoms with E-state index in [0.29, 0.717) is 32.7 Å². The number of nitrogens with zero attached hydrogens (tertiary/aromatic N) is 1. The smallest absolute Gasteiger partial charge is 0.225 e. The minimum Gasteiger partial charge on any atom is -0.389 e. The van der Waals surface area contributed by atoms with E-state index < -0.39 is 0 Å². The van der Waals surface area contributed by atoms with Gasteiger partial charge in [-0.2, -0.15) is 0 Å². The highest BCUT2D eigenvalue weighted by atomic mass is 16.5. The molecule has 0 radical (unpaired) electrons. The van der Waals surface area contributed by atoms with Crippen molar-refractivity contribution >= 4 is 5.91 Å². The zero-order chi connectivity index (χ0) is 8.97. The summed E-state index contributed by atoms with van der Waals surface area (Å²) in [6.07, 6.45) is 0.127. The van der Waals surface area contributed by atoms with E-state index in [-0.39, 0.29) is 12.0 Å². The molecule has 0 unspecified atom stereocenters. The zero-order valence-electron chi connectivity index (χ0n) is 7.32. The van der Waals surface area contributed by atoms with Gasteiger partial charge in [-0.25, -0.2) is 0 Å². The summed E-state index contributed by atoms with van der Waals surface area (Å²) in [7, 11) is 0. The Morgan fingerprint density at radius 1 is 1.67 bits per heavy atom. The van der Waals surface area contributed by atoms with Crippen molar-refractivity contribution in [2.24, 2.45) is 0 Å². The van der Waals surface area contributed by atoms with Crippen molar-refractivity contribution in [3.05, 3.63) is 0 Å². The third-order valence-electron chi connectivity index (χ3n) is 1.88. The monoisotopic (exact) mass is 173 g/mol. The second-order valence-corrected chi connectivity index (χ2v) is 2.90. The fourth-order valence-corrected chi connectivity index (χ4v) is 1.12. The number of carbonyl (C=O) groups excluding carboxylic acids is 1. The summed E-state index contributed by atoms with van der Waals surface area (Å²) >= 11 is 0. The van der Waals surface area contributed by atoms with Crippen LogP contribution in [0.1, 0.15) is 13.3 Å². The van der Waals surface area contributed by atoms with Gasteiger partial charge in [0.2, 0.25) is 5.91 Å². The number of hydrogen-bond acceptors (Lipinski definition) is 3. The first-order valence-corrected chi connectivity index (χ1v) is 4.27. The molecule has 0 spiro atoms. The predicted molar refractivity (Wildman–Crippen MR) is 43.7 cm³/mol. The number of amides is 1. The first kappa shape index (κ1) is 9.48. The van der Waals surface area contributed by atoms with E-state index in [1.54, 1.807) is 4.90 Å². The lowest BCUT2D eigenvalue weighted by Crippen LogP contribution is -2.53. The highest BCUT2D eigenvalue weighted by molar-refractivity contribution is 5.77. The van der Waals surface area contributed by atoms with Crippen LogP contribution in [0.25, 0.3) is 0 Å². The summed E-state index contributed by atoms with van der Waals surface area (Å²) in [5, 5.41) is 8.91. The van der Waals surface area contributed by atoms with E-state index in [2.05, 4.69) is 0 Å². The maximum Gasteiger partial charge on any atom is 0.225 e. The summed E-state index contributed by atoms with van der Waals surface area (Å²) < 4.78 is 5.04. The van der Waals surface area contributed by atoms with Crippen LogP contribution < -0.4 is 0 Å². The summed E-state index contributed by atoms with van der Waals surface area (Å²) in [5.74, 6) is 0.0775. The van der Waals surface area contributed by atoms with Gasteiger partial charge in [0.1, 0.15) is 0 Å². The molecule has 70 valence electrons. The molecule has 0 aromatic carbocycles. The minimum absolute atomic E-state index is 0.0775. The normalized spacial score (nSPS) is 17.7. The van der Waals surface area contributed by atoms with Crippen LogP contribution in [-0.2, 0) is 9.53 Å². The van der Waals surface area contributed by atoms with Crippen molar-refractivity contribution in [1.82, 2.24) is 4.90 Å². The third kappa shape index (κ3) is 2.46. The summed E-state index contributed by atoms with van der Waals surface area (Å²) in [6.45, 7) is 4.02. The maximum absolute atomic E-state index is 11.2. The van der Waals surface area contributed by atoms with Crippen molar-refractivity contribution in [3.63, 3.8) is 0 Å². The van der Waals surface area contributed by atoms with Crippen LogP contribution in [0.3, 0.4) is 0 Å². The predicted octanol–water partition coefficient (Wildman–Crippen LogP) is -0.384. The van der Waals surface area contributed by atoms with Gasteiger partial charge in [0.25, 0.3) is 0 Å². The van der Waals surface area contributed by atoms with Crippen molar-refractivity contribution in [3.8, 4) is 0 Å². The molecule has 0 aromatic heterocycles. The molecular formula is C8H15NO3. The van der Waals surface area contributed by atoms with E-state index >= 15 is 0 Å². The lowest BCUT2D eigenvalue weighted by atomic mass is 10.1. The number of aliphatic hydroxyl groups excluding tert-OH is 1. The quantitative estimate of drug-likeness (QED) is 0.589. The fraction of sp³-hybridized carbons (Fsp3) is 0.875. The molecule has 4 heteroatoms. The zero-order valence-corrected chi connectivity index (χ0v) is 7.32. The molecule has 1 aliphatic rings. The molecule has 1 N–H and O–H groups in total. The number of ether oxygens (including phenoxy) is 1. The standard InChI is InChI=1S/C8H15NO3/c1-2-12-4-3-8(11)9-5-7(10)6-9/h7,10H,2-6H2,1H3. The second kappa shape index (κ2) is 4.42. The molecule has 0 saturated carbocycles. The SMILES string of the molecule is CCOCCC(=O)N1CC(O)C1.